The molecule has 0 radical (unpaired) electrons. The van der Waals surface area contributed by atoms with Crippen LogP contribution in [0.25, 0.3) is 11.1 Å². The summed E-state index contributed by atoms with van der Waals surface area (Å²) in [6.45, 7) is 16.2. The zero-order valence-corrected chi connectivity index (χ0v) is 75.5. The number of nitrogens with one attached hydrogen (secondary N) is 2. The number of esters is 3. The molecule has 13 aromatic rings. The Morgan fingerprint density at radius 3 is 1.04 bits per heavy atom. The maximum atomic E-state index is 11.8. The third kappa shape index (κ3) is 40.3. The number of phenols is 1. The fourth-order valence-electron chi connectivity index (χ4n) is 10.5. The molecule has 12 aromatic carbocycles. The number of aromatic hydroxyl groups is 1. The molecule has 0 saturated heterocycles. The Labute approximate surface area is 765 Å². The van der Waals surface area contributed by atoms with E-state index in [-0.39, 0.29) is 57.8 Å². The first kappa shape index (κ1) is 105. The summed E-state index contributed by atoms with van der Waals surface area (Å²) in [5.74, 6) is 0.751. The molecule has 0 aliphatic carbocycles. The minimum Gasteiger partial charge on any atom is -0.508 e. The molecule has 25 heteroatoms. The van der Waals surface area contributed by atoms with Crippen LogP contribution in [0.3, 0.4) is 0 Å². The van der Waals surface area contributed by atoms with Gasteiger partial charge in [-0.05, 0) is 274 Å². The Kier molecular flexibility index (Phi) is 46.1. The second-order valence-electron chi connectivity index (χ2n) is 27.6. The third-order valence-corrected chi connectivity index (χ3v) is 18.5. The Balaban J connectivity index is 0.000000262. The van der Waals surface area contributed by atoms with Crippen LogP contribution in [0.15, 0.2) is 339 Å². The molecule has 0 aliphatic rings. The molecule has 672 valence electrons. The maximum absolute atomic E-state index is 11.8. The van der Waals surface area contributed by atoms with Gasteiger partial charge < -0.3 is 33.5 Å². The summed E-state index contributed by atoms with van der Waals surface area (Å²) in [5, 5.41) is 14.0. The number of benzene rings is 12. The van der Waals surface area contributed by atoms with Crippen LogP contribution in [0.2, 0.25) is 0 Å². The van der Waals surface area contributed by atoms with Crippen LogP contribution < -0.4 is 24.8 Å². The number of ketones is 9. The van der Waals surface area contributed by atoms with E-state index in [1.165, 1.54) is 78.9 Å². The van der Waals surface area contributed by atoms with Gasteiger partial charge in [-0.1, -0.05) is 140 Å². The van der Waals surface area contributed by atoms with Crippen LogP contribution in [-0.4, -0.2) is 119 Å². The number of Topliss-reactive ketones (excluding diaryl/α,β-unsaturated/α-hetero) is 9. The Hall–Kier alpha value is -16.3. The van der Waals surface area contributed by atoms with Crippen molar-refractivity contribution in [2.45, 2.75) is 80.7 Å². The number of amides is 2. The van der Waals surface area contributed by atoms with Gasteiger partial charge in [0.2, 0.25) is 0 Å². The number of carbonyl (C=O) groups excluding carboxylic acids is 14. The summed E-state index contributed by atoms with van der Waals surface area (Å²) < 4.78 is 29.6. The smallest absolute Gasteiger partial charge is 0.417 e. The fraction of sp³-hybridized carbons (Fsp3) is 0.142. The molecule has 1 heterocycles. The molecular formula is C106H101N3O21S. The van der Waals surface area contributed by atoms with Gasteiger partial charge in [-0.3, -0.25) is 58.8 Å². The Morgan fingerprint density at radius 1 is 0.305 bits per heavy atom. The van der Waals surface area contributed by atoms with Crippen LogP contribution in [0.4, 0.5) is 21.0 Å². The van der Waals surface area contributed by atoms with Gasteiger partial charge in [-0.15, -0.1) is 11.8 Å². The van der Waals surface area contributed by atoms with Crippen molar-refractivity contribution in [3.8, 4) is 34.1 Å². The summed E-state index contributed by atoms with van der Waals surface area (Å²) in [7, 11) is 2.63. The van der Waals surface area contributed by atoms with Crippen molar-refractivity contribution < 1.29 is 101 Å². The van der Waals surface area contributed by atoms with Crippen molar-refractivity contribution in [1.82, 2.24) is 4.98 Å². The van der Waals surface area contributed by atoms with E-state index in [1.807, 2.05) is 134 Å². The number of anilines is 2. The first-order valence-electron chi connectivity index (χ1n) is 40.4. The van der Waals surface area contributed by atoms with Gasteiger partial charge >= 0.3 is 30.1 Å². The van der Waals surface area contributed by atoms with Gasteiger partial charge in [0.05, 0.1) is 37.5 Å². The Morgan fingerprint density at radius 2 is 0.626 bits per heavy atom. The molecule has 13 rings (SSSR count). The molecule has 0 bridgehead atoms. The van der Waals surface area contributed by atoms with Gasteiger partial charge in [-0.25, -0.2) is 24.0 Å². The van der Waals surface area contributed by atoms with E-state index >= 15 is 0 Å². The fourth-order valence-corrected chi connectivity index (χ4v) is 10.9. The predicted octanol–water partition coefficient (Wildman–Crippen LogP) is 23.0. The highest BCUT2D eigenvalue weighted by atomic mass is 32.2. The number of aromatic nitrogens is 1. The zero-order chi connectivity index (χ0) is 96.2. The number of para-hydroxylation sites is 2. The number of nitrogens with zero attached hydrogens (tertiary/aromatic N) is 1. The van der Waals surface area contributed by atoms with Crippen LogP contribution >= 0.6 is 11.8 Å². The molecule has 0 saturated carbocycles. The lowest BCUT2D eigenvalue weighted by Crippen LogP contribution is -2.16. The van der Waals surface area contributed by atoms with E-state index in [0.717, 1.165) is 33.6 Å². The largest absolute Gasteiger partial charge is 0.508 e. The van der Waals surface area contributed by atoms with Crippen molar-refractivity contribution in [2.24, 2.45) is 0 Å². The van der Waals surface area contributed by atoms with Crippen LogP contribution in [0, 0.1) is 0 Å². The molecule has 1 aromatic heterocycles. The molecule has 0 aliphatic heterocycles. The lowest BCUT2D eigenvalue weighted by molar-refractivity contribution is 0.0591. The van der Waals surface area contributed by atoms with Crippen molar-refractivity contribution in [2.75, 3.05) is 37.7 Å². The average Bonchev–Trinajstić information content (AvgIpc) is 0.933. The monoisotopic (exact) mass is 1780 g/mol. The highest BCUT2D eigenvalue weighted by Crippen LogP contribution is 2.22. The normalized spacial score (nSPS) is 9.66. The van der Waals surface area contributed by atoms with Crippen molar-refractivity contribution in [1.29, 1.82) is 0 Å². The van der Waals surface area contributed by atoms with E-state index < -0.39 is 30.1 Å². The van der Waals surface area contributed by atoms with Gasteiger partial charge in [0.15, 0.2) is 52.0 Å². The van der Waals surface area contributed by atoms with Crippen LogP contribution in [0.5, 0.6) is 23.0 Å². The Bertz CT molecular complexity index is 5890. The highest BCUT2D eigenvalue weighted by Gasteiger charge is 2.13. The van der Waals surface area contributed by atoms with E-state index in [4.69, 9.17) is 24.1 Å². The summed E-state index contributed by atoms with van der Waals surface area (Å²) in [5.41, 5.74) is 11.6. The minimum absolute atomic E-state index is 0.00214. The van der Waals surface area contributed by atoms with E-state index in [1.54, 1.807) is 228 Å². The van der Waals surface area contributed by atoms with Crippen molar-refractivity contribution in [3.05, 3.63) is 406 Å². The highest BCUT2D eigenvalue weighted by molar-refractivity contribution is 7.98. The number of pyridine rings is 1. The molecule has 131 heavy (non-hydrogen) atoms. The molecule has 2 amide bonds. The van der Waals surface area contributed by atoms with E-state index in [2.05, 4.69) is 25.1 Å². The first-order chi connectivity index (χ1) is 62.7. The first-order valence-corrected chi connectivity index (χ1v) is 41.6. The van der Waals surface area contributed by atoms with Gasteiger partial charge in [0, 0.05) is 78.7 Å². The number of thioether (sulfide) groups is 1. The van der Waals surface area contributed by atoms with E-state index in [9.17, 15) is 67.1 Å². The van der Waals surface area contributed by atoms with Crippen molar-refractivity contribution in [3.63, 3.8) is 0 Å². The molecule has 24 nitrogen and oxygen atoms in total. The standard InChI is InChI=1S/C15H13NO3.C15H12O3.C15H14O2.C13H11NO.C11H13NO3.2C10H10O3.C9H10OS.C8H8O2/c1-11(17)12-7-9-14(10-8-12)19-15(18)16-13-5-3-2-4-6-13;1-11(16)12-7-9-13(10-8-12)15(17)18-14-5-3-2-4-6-14;1-12(16)14-7-9-15(10-8-14)17-11-13-5-3-2-4-6-13;1-10(15)11-2-4-12(5-3-11)13-6-8-14-9-7-13;1-3-15-11(14)12-10-6-4-9(5-7-10)8(2)13;1-7(11)8-3-5-9(6-4-8)10(12)13-2;1-7(11)8-4-3-5-9(6-8)10(12)13-2;1-7(10)8-3-5-9(11-2)6-4-8;1-6(9)7-2-4-8(10)5-3-7/h2-10H,1H3,(H,16,18);2-10H,1H3;2-10H,11H2,1H3;2-9H,1H3;4-7H,3H2,1-2H3,(H,12,14);2*3-6H,1-2H3;3-6H,1-2H3;2-5,10H,1H3. The van der Waals surface area contributed by atoms with E-state index in [0.29, 0.717) is 91.7 Å². The quantitative estimate of drug-likeness (QED) is 0.0186. The maximum Gasteiger partial charge on any atom is 0.417 e. The van der Waals surface area contributed by atoms with Crippen LogP contribution in [-0.2, 0) is 20.8 Å². The zero-order valence-electron chi connectivity index (χ0n) is 74.6. The molecular weight excluding hydrogens is 1680 g/mol. The number of ether oxygens (including phenoxy) is 6. The SMILES string of the molecule is CC(=O)c1ccc(-c2ccncc2)cc1.CC(=O)c1ccc(C(=O)Oc2ccccc2)cc1.CC(=O)c1ccc(O)cc1.CC(=O)c1ccc(OC(=O)Nc2ccccc2)cc1.CC(=O)c1ccc(OCc2ccccc2)cc1.CCOC(=O)Nc1ccc(C(C)=O)cc1.COC(=O)c1ccc(C(C)=O)cc1.COC(=O)c1cccc(C(C)=O)c1.CSc1ccc(C(C)=O)cc1. The number of methoxy groups -OCH3 is 2. The third-order valence-electron chi connectivity index (χ3n) is 17.8. The second-order valence-corrected chi connectivity index (χ2v) is 28.5. The van der Waals surface area contributed by atoms with Gasteiger partial charge in [0.1, 0.15) is 29.6 Å². The second kappa shape index (κ2) is 57.4. The van der Waals surface area contributed by atoms with Gasteiger partial charge in [-0.2, -0.15) is 0 Å². The molecule has 0 atom stereocenters. The van der Waals surface area contributed by atoms with Gasteiger partial charge in [0.25, 0.3) is 0 Å². The summed E-state index contributed by atoms with van der Waals surface area (Å²) in [6.07, 6.45) is 4.47. The summed E-state index contributed by atoms with van der Waals surface area (Å²) in [4.78, 5) is 160. The molecule has 3 N–H and O–H groups in total. The lowest BCUT2D eigenvalue weighted by atomic mass is 10.0. The number of phenolic OH excluding ortho intramolecular Hbond substituents is 1. The number of hydrogen-bond acceptors (Lipinski definition) is 23. The molecule has 0 spiro atoms. The van der Waals surface area contributed by atoms with Crippen molar-refractivity contribution >= 4 is 105 Å². The lowest BCUT2D eigenvalue weighted by Gasteiger charge is -2.06. The number of hydrogen-bond donors (Lipinski definition) is 3. The summed E-state index contributed by atoms with van der Waals surface area (Å²) in [6, 6.07) is 92.6. The number of carbonyl (C=O) groups is 14. The average molecular weight is 1790 g/mol. The summed E-state index contributed by atoms with van der Waals surface area (Å²) >= 11 is 1.68. The molecule has 0 unspecified atom stereocenters. The predicted molar refractivity (Wildman–Crippen MR) is 506 cm³/mol. The topological polar surface area (TPSA) is 352 Å². The molecule has 0 fully saturated rings. The number of rotatable bonds is 22. The van der Waals surface area contributed by atoms with Crippen LogP contribution in [0.1, 0.15) is 199 Å². The minimum atomic E-state index is -0.568.